The molecule has 0 heterocycles. The molecular formula is C24H31N3O. The fourth-order valence-electron chi connectivity index (χ4n) is 4.56. The van der Waals surface area contributed by atoms with E-state index in [1.165, 1.54) is 59.9 Å². The first kappa shape index (κ1) is 19.0. The zero-order chi connectivity index (χ0) is 19.3. The number of aryl methyl sites for hydroxylation is 2. The highest BCUT2D eigenvalue weighted by molar-refractivity contribution is 5.90. The van der Waals surface area contributed by atoms with Gasteiger partial charge in [0.05, 0.1) is 0 Å². The molecule has 5 rings (SSSR count). The highest BCUT2D eigenvalue weighted by Gasteiger charge is 2.24. The quantitative estimate of drug-likeness (QED) is 0.735. The Hall–Kier alpha value is -2.33. The Morgan fingerprint density at radius 1 is 0.929 bits per heavy atom. The van der Waals surface area contributed by atoms with E-state index in [4.69, 9.17) is 5.73 Å². The van der Waals surface area contributed by atoms with E-state index in [0.29, 0.717) is 0 Å². The van der Waals surface area contributed by atoms with E-state index in [9.17, 15) is 4.79 Å². The SMILES string of the molecule is NC(=O)Nc1c2c(cc3c1CCC3)CCC2.c1ccc(CNC2CCC2)cc1. The molecule has 0 bridgehead atoms. The second-order valence-corrected chi connectivity index (χ2v) is 8.22. The van der Waals surface area contributed by atoms with Crippen molar-refractivity contribution in [1.82, 2.24) is 5.32 Å². The van der Waals surface area contributed by atoms with Crippen LogP contribution in [0, 0.1) is 0 Å². The number of amides is 2. The minimum absolute atomic E-state index is 0.436. The molecule has 0 aliphatic heterocycles. The number of carbonyl (C=O) groups excluding carboxylic acids is 1. The van der Waals surface area contributed by atoms with Crippen molar-refractivity contribution in [2.24, 2.45) is 5.73 Å². The summed E-state index contributed by atoms with van der Waals surface area (Å²) in [6.07, 6.45) is 11.0. The first-order valence-corrected chi connectivity index (χ1v) is 10.7. The minimum Gasteiger partial charge on any atom is -0.351 e. The number of nitrogens with one attached hydrogen (secondary N) is 2. The van der Waals surface area contributed by atoms with Crippen LogP contribution >= 0.6 is 0 Å². The van der Waals surface area contributed by atoms with Gasteiger partial charge in [-0.3, -0.25) is 0 Å². The van der Waals surface area contributed by atoms with E-state index in [1.807, 2.05) is 0 Å². The summed E-state index contributed by atoms with van der Waals surface area (Å²) in [6.45, 7) is 1.03. The smallest absolute Gasteiger partial charge is 0.316 e. The maximum Gasteiger partial charge on any atom is 0.316 e. The fraction of sp³-hybridized carbons (Fsp3) is 0.458. The van der Waals surface area contributed by atoms with Crippen molar-refractivity contribution in [3.05, 3.63) is 64.2 Å². The summed E-state index contributed by atoms with van der Waals surface area (Å²) in [5.74, 6) is 0. The van der Waals surface area contributed by atoms with Crippen LogP contribution in [0.1, 0.15) is 59.9 Å². The molecule has 4 N–H and O–H groups in total. The summed E-state index contributed by atoms with van der Waals surface area (Å²) in [5.41, 5.74) is 13.2. The lowest BCUT2D eigenvalue weighted by Gasteiger charge is -2.26. The van der Waals surface area contributed by atoms with Crippen LogP contribution in [0.25, 0.3) is 0 Å². The number of primary amides is 1. The van der Waals surface area contributed by atoms with Gasteiger partial charge in [0.2, 0.25) is 0 Å². The Bertz CT molecular complexity index is 795. The molecule has 0 aromatic heterocycles. The molecule has 3 aliphatic rings. The molecule has 0 spiro atoms. The van der Waals surface area contributed by atoms with Crippen molar-refractivity contribution < 1.29 is 4.79 Å². The Morgan fingerprint density at radius 2 is 1.57 bits per heavy atom. The predicted octanol–water partition coefficient (Wildman–Crippen LogP) is 4.48. The van der Waals surface area contributed by atoms with Gasteiger partial charge in [-0.2, -0.15) is 0 Å². The monoisotopic (exact) mass is 377 g/mol. The highest BCUT2D eigenvalue weighted by Crippen LogP contribution is 2.38. The molecule has 4 nitrogen and oxygen atoms in total. The minimum atomic E-state index is -0.436. The van der Waals surface area contributed by atoms with Crippen LogP contribution in [0.3, 0.4) is 0 Å². The van der Waals surface area contributed by atoms with Crippen LogP contribution in [-0.2, 0) is 32.2 Å². The van der Waals surface area contributed by atoms with Crippen molar-refractivity contribution in [3.63, 3.8) is 0 Å². The molecule has 4 heteroatoms. The number of carbonyl (C=O) groups is 1. The topological polar surface area (TPSA) is 67.2 Å². The largest absolute Gasteiger partial charge is 0.351 e. The third-order valence-corrected chi connectivity index (χ3v) is 6.26. The van der Waals surface area contributed by atoms with Gasteiger partial charge < -0.3 is 16.4 Å². The zero-order valence-corrected chi connectivity index (χ0v) is 16.6. The van der Waals surface area contributed by atoms with Gasteiger partial charge in [-0.15, -0.1) is 0 Å². The van der Waals surface area contributed by atoms with Crippen LogP contribution < -0.4 is 16.4 Å². The summed E-state index contributed by atoms with van der Waals surface area (Å²) in [6, 6.07) is 13.3. The van der Waals surface area contributed by atoms with E-state index in [-0.39, 0.29) is 0 Å². The van der Waals surface area contributed by atoms with Crippen LogP contribution in [0.2, 0.25) is 0 Å². The maximum absolute atomic E-state index is 11.1. The number of urea groups is 1. The van der Waals surface area contributed by atoms with Crippen molar-refractivity contribution in [2.45, 2.75) is 70.4 Å². The Kier molecular flexibility index (Phi) is 5.96. The number of fused-ring (bicyclic) bond motifs is 2. The lowest BCUT2D eigenvalue weighted by Crippen LogP contribution is -2.34. The standard InChI is InChI=1S/C13H16N2O.C11H15N/c14-13(16)15-12-10-5-1-3-8(10)7-9-4-2-6-11(9)12;1-2-5-10(6-3-1)9-12-11-7-4-8-11/h7H,1-6H2,(H3,14,15,16);1-3,5-6,11-12H,4,7-9H2. The molecule has 0 saturated heterocycles. The van der Waals surface area contributed by atoms with Crippen molar-refractivity contribution in [2.75, 3.05) is 5.32 Å². The summed E-state index contributed by atoms with van der Waals surface area (Å²) in [7, 11) is 0. The van der Waals surface area contributed by atoms with Gasteiger partial charge in [0, 0.05) is 18.3 Å². The van der Waals surface area contributed by atoms with Crippen LogP contribution in [0.5, 0.6) is 0 Å². The second kappa shape index (κ2) is 8.78. The summed E-state index contributed by atoms with van der Waals surface area (Å²) in [5, 5.41) is 6.38. The number of hydrogen-bond donors (Lipinski definition) is 3. The third kappa shape index (κ3) is 4.39. The van der Waals surface area contributed by atoms with Crippen LogP contribution in [0.15, 0.2) is 36.4 Å². The van der Waals surface area contributed by atoms with Gasteiger partial charge in [-0.05, 0) is 79.2 Å². The van der Waals surface area contributed by atoms with Crippen LogP contribution in [0.4, 0.5) is 10.5 Å². The van der Waals surface area contributed by atoms with Gasteiger partial charge in [-0.25, -0.2) is 4.79 Å². The highest BCUT2D eigenvalue weighted by atomic mass is 16.2. The van der Waals surface area contributed by atoms with E-state index in [2.05, 4.69) is 47.0 Å². The van der Waals surface area contributed by atoms with E-state index in [1.54, 1.807) is 0 Å². The first-order valence-electron chi connectivity index (χ1n) is 10.7. The first-order chi connectivity index (χ1) is 13.7. The predicted molar refractivity (Wildman–Crippen MR) is 115 cm³/mol. The van der Waals surface area contributed by atoms with Crippen molar-refractivity contribution in [1.29, 1.82) is 0 Å². The molecule has 2 aromatic rings. The average molecular weight is 378 g/mol. The molecule has 0 radical (unpaired) electrons. The van der Waals surface area contributed by atoms with Gasteiger partial charge in [0.1, 0.15) is 0 Å². The lowest BCUT2D eigenvalue weighted by atomic mass is 9.93. The Morgan fingerprint density at radius 3 is 2.11 bits per heavy atom. The van der Waals surface area contributed by atoms with E-state index < -0.39 is 6.03 Å². The van der Waals surface area contributed by atoms with Gasteiger partial charge in [-0.1, -0.05) is 42.8 Å². The average Bonchev–Trinajstić information content (AvgIpc) is 3.30. The number of rotatable bonds is 4. The molecule has 28 heavy (non-hydrogen) atoms. The van der Waals surface area contributed by atoms with E-state index >= 15 is 0 Å². The van der Waals surface area contributed by atoms with Gasteiger partial charge in [0.25, 0.3) is 0 Å². The van der Waals surface area contributed by atoms with Crippen molar-refractivity contribution >= 4 is 11.7 Å². The molecule has 3 aliphatic carbocycles. The molecule has 2 aromatic carbocycles. The summed E-state index contributed by atoms with van der Waals surface area (Å²) in [4.78, 5) is 11.1. The number of benzene rings is 2. The number of hydrogen-bond acceptors (Lipinski definition) is 2. The maximum atomic E-state index is 11.1. The van der Waals surface area contributed by atoms with Crippen molar-refractivity contribution in [3.8, 4) is 0 Å². The summed E-state index contributed by atoms with van der Waals surface area (Å²) < 4.78 is 0. The molecule has 0 unspecified atom stereocenters. The third-order valence-electron chi connectivity index (χ3n) is 6.26. The summed E-state index contributed by atoms with van der Waals surface area (Å²) >= 11 is 0. The number of nitrogens with two attached hydrogens (primary N) is 1. The normalized spacial score (nSPS) is 17.1. The molecule has 148 valence electrons. The molecule has 1 saturated carbocycles. The molecule has 0 atom stereocenters. The van der Waals surface area contributed by atoms with Crippen LogP contribution in [-0.4, -0.2) is 12.1 Å². The molecule has 2 amide bonds. The lowest BCUT2D eigenvalue weighted by molar-refractivity contribution is 0.259. The Labute approximate surface area is 167 Å². The Balaban J connectivity index is 0.000000143. The van der Waals surface area contributed by atoms with E-state index in [0.717, 1.165) is 44.0 Å². The second-order valence-electron chi connectivity index (χ2n) is 8.22. The van der Waals surface area contributed by atoms with Gasteiger partial charge >= 0.3 is 6.03 Å². The number of anilines is 1. The zero-order valence-electron chi connectivity index (χ0n) is 16.6. The molecule has 1 fully saturated rings. The molecular weight excluding hydrogens is 346 g/mol. The van der Waals surface area contributed by atoms with Gasteiger partial charge in [0.15, 0.2) is 0 Å². The fourth-order valence-corrected chi connectivity index (χ4v) is 4.56.